The third-order valence-corrected chi connectivity index (χ3v) is 3.00. The summed E-state index contributed by atoms with van der Waals surface area (Å²) in [5.74, 6) is 5.51. The standard InChI is InChI=1S/C11H24N2O/c1-2-3-5-10(13-12)7-8-11-6-4-9-14-11/h10-11,13H,2-9,12H2,1H3. The molecule has 0 aromatic carbocycles. The van der Waals surface area contributed by atoms with E-state index < -0.39 is 0 Å². The fourth-order valence-electron chi connectivity index (χ4n) is 2.02. The van der Waals surface area contributed by atoms with Crippen molar-refractivity contribution in [3.8, 4) is 0 Å². The first-order valence-corrected chi connectivity index (χ1v) is 5.94. The highest BCUT2D eigenvalue weighted by molar-refractivity contribution is 4.70. The molecule has 2 atom stereocenters. The number of unbranched alkanes of at least 4 members (excludes halogenated alkanes) is 1. The lowest BCUT2D eigenvalue weighted by atomic mass is 10.0. The van der Waals surface area contributed by atoms with Gasteiger partial charge in [0.2, 0.25) is 0 Å². The second kappa shape index (κ2) is 7.21. The summed E-state index contributed by atoms with van der Waals surface area (Å²) in [7, 11) is 0. The van der Waals surface area contributed by atoms with Gasteiger partial charge in [0.25, 0.3) is 0 Å². The summed E-state index contributed by atoms with van der Waals surface area (Å²) >= 11 is 0. The van der Waals surface area contributed by atoms with Crippen LogP contribution in [-0.4, -0.2) is 18.8 Å². The van der Waals surface area contributed by atoms with Crippen LogP contribution in [0.25, 0.3) is 0 Å². The van der Waals surface area contributed by atoms with Crippen molar-refractivity contribution < 1.29 is 4.74 Å². The SMILES string of the molecule is CCCCC(CCC1CCCO1)NN. The summed E-state index contributed by atoms with van der Waals surface area (Å²) in [5, 5.41) is 0. The van der Waals surface area contributed by atoms with Crippen LogP contribution in [0, 0.1) is 0 Å². The molecular weight excluding hydrogens is 176 g/mol. The zero-order valence-electron chi connectivity index (χ0n) is 9.30. The molecule has 0 amide bonds. The largest absolute Gasteiger partial charge is 0.378 e. The van der Waals surface area contributed by atoms with Crippen molar-refractivity contribution in [3.63, 3.8) is 0 Å². The van der Waals surface area contributed by atoms with E-state index in [0.717, 1.165) is 13.0 Å². The fourth-order valence-corrected chi connectivity index (χ4v) is 2.02. The van der Waals surface area contributed by atoms with E-state index in [-0.39, 0.29) is 0 Å². The quantitative estimate of drug-likeness (QED) is 0.488. The minimum absolute atomic E-state index is 0.485. The molecule has 3 N–H and O–H groups in total. The van der Waals surface area contributed by atoms with Crippen molar-refractivity contribution in [3.05, 3.63) is 0 Å². The average molecular weight is 200 g/mol. The van der Waals surface area contributed by atoms with Gasteiger partial charge in [-0.25, -0.2) is 0 Å². The number of nitrogens with one attached hydrogen (secondary N) is 1. The smallest absolute Gasteiger partial charge is 0.0576 e. The molecule has 1 rings (SSSR count). The molecule has 1 saturated heterocycles. The van der Waals surface area contributed by atoms with E-state index in [0.29, 0.717) is 12.1 Å². The van der Waals surface area contributed by atoms with Gasteiger partial charge in [0, 0.05) is 12.6 Å². The van der Waals surface area contributed by atoms with Crippen LogP contribution >= 0.6 is 0 Å². The molecule has 0 aromatic rings. The molecule has 0 radical (unpaired) electrons. The Balaban J connectivity index is 2.06. The highest BCUT2D eigenvalue weighted by Crippen LogP contribution is 2.18. The predicted molar refractivity (Wildman–Crippen MR) is 58.8 cm³/mol. The van der Waals surface area contributed by atoms with Crippen molar-refractivity contribution >= 4 is 0 Å². The molecule has 0 aliphatic carbocycles. The fraction of sp³-hybridized carbons (Fsp3) is 1.00. The first-order valence-electron chi connectivity index (χ1n) is 5.94. The van der Waals surface area contributed by atoms with Gasteiger partial charge in [-0.3, -0.25) is 11.3 Å². The predicted octanol–water partition coefficient (Wildman–Crippen LogP) is 1.97. The Morgan fingerprint density at radius 3 is 2.93 bits per heavy atom. The number of rotatable bonds is 7. The van der Waals surface area contributed by atoms with E-state index in [1.165, 1.54) is 38.5 Å². The van der Waals surface area contributed by atoms with Crippen molar-refractivity contribution in [1.29, 1.82) is 0 Å². The molecule has 0 spiro atoms. The molecule has 1 heterocycles. The van der Waals surface area contributed by atoms with Crippen molar-refractivity contribution in [2.45, 2.75) is 64.0 Å². The number of hydrazine groups is 1. The maximum Gasteiger partial charge on any atom is 0.0576 e. The third-order valence-electron chi connectivity index (χ3n) is 3.00. The molecule has 1 fully saturated rings. The topological polar surface area (TPSA) is 47.3 Å². The van der Waals surface area contributed by atoms with Crippen LogP contribution in [0.3, 0.4) is 0 Å². The number of nitrogens with two attached hydrogens (primary N) is 1. The Morgan fingerprint density at radius 2 is 2.36 bits per heavy atom. The molecule has 1 aliphatic rings. The Kier molecular flexibility index (Phi) is 6.15. The van der Waals surface area contributed by atoms with Crippen LogP contribution in [0.2, 0.25) is 0 Å². The summed E-state index contributed by atoms with van der Waals surface area (Å²) < 4.78 is 5.58. The molecule has 3 nitrogen and oxygen atoms in total. The first-order chi connectivity index (χ1) is 6.86. The molecule has 3 heteroatoms. The second-order valence-corrected chi connectivity index (χ2v) is 4.22. The Hall–Kier alpha value is -0.120. The Bertz CT molecular complexity index is 135. The zero-order chi connectivity index (χ0) is 10.2. The lowest BCUT2D eigenvalue weighted by Gasteiger charge is -2.17. The minimum atomic E-state index is 0.485. The Morgan fingerprint density at radius 1 is 1.50 bits per heavy atom. The number of ether oxygens (including phenoxy) is 1. The molecule has 0 bridgehead atoms. The van der Waals surface area contributed by atoms with Crippen LogP contribution in [0.1, 0.15) is 51.9 Å². The van der Waals surface area contributed by atoms with Gasteiger partial charge in [0.15, 0.2) is 0 Å². The van der Waals surface area contributed by atoms with Crippen LogP contribution in [0.4, 0.5) is 0 Å². The summed E-state index contributed by atoms with van der Waals surface area (Å²) in [4.78, 5) is 0. The van der Waals surface area contributed by atoms with Gasteiger partial charge in [-0.1, -0.05) is 19.8 Å². The highest BCUT2D eigenvalue weighted by Gasteiger charge is 2.16. The lowest BCUT2D eigenvalue weighted by Crippen LogP contribution is -2.35. The molecule has 0 aromatic heterocycles. The van der Waals surface area contributed by atoms with Crippen LogP contribution < -0.4 is 11.3 Å². The van der Waals surface area contributed by atoms with Crippen LogP contribution in [0.5, 0.6) is 0 Å². The van der Waals surface area contributed by atoms with Crippen molar-refractivity contribution in [1.82, 2.24) is 5.43 Å². The van der Waals surface area contributed by atoms with Gasteiger partial charge in [-0.05, 0) is 32.1 Å². The van der Waals surface area contributed by atoms with Crippen LogP contribution in [-0.2, 0) is 4.74 Å². The summed E-state index contributed by atoms with van der Waals surface area (Å²) in [6, 6.07) is 0.485. The van der Waals surface area contributed by atoms with Gasteiger partial charge in [-0.15, -0.1) is 0 Å². The lowest BCUT2D eigenvalue weighted by molar-refractivity contribution is 0.0992. The average Bonchev–Trinajstić information content (AvgIpc) is 2.71. The van der Waals surface area contributed by atoms with Crippen molar-refractivity contribution in [2.24, 2.45) is 5.84 Å². The van der Waals surface area contributed by atoms with E-state index in [1.807, 2.05) is 0 Å². The Labute approximate surface area is 87.4 Å². The maximum atomic E-state index is 5.58. The van der Waals surface area contributed by atoms with E-state index >= 15 is 0 Å². The highest BCUT2D eigenvalue weighted by atomic mass is 16.5. The third kappa shape index (κ3) is 4.40. The monoisotopic (exact) mass is 200 g/mol. The van der Waals surface area contributed by atoms with Gasteiger partial charge in [0.05, 0.1) is 6.10 Å². The van der Waals surface area contributed by atoms with Crippen LogP contribution in [0.15, 0.2) is 0 Å². The number of hydrogen-bond donors (Lipinski definition) is 2. The molecular formula is C11H24N2O. The molecule has 14 heavy (non-hydrogen) atoms. The van der Waals surface area contributed by atoms with Gasteiger partial charge in [0.1, 0.15) is 0 Å². The molecule has 84 valence electrons. The van der Waals surface area contributed by atoms with Gasteiger partial charge >= 0.3 is 0 Å². The van der Waals surface area contributed by atoms with E-state index in [9.17, 15) is 0 Å². The second-order valence-electron chi connectivity index (χ2n) is 4.22. The van der Waals surface area contributed by atoms with E-state index in [2.05, 4.69) is 12.3 Å². The summed E-state index contributed by atoms with van der Waals surface area (Å²) in [6.07, 6.45) is 9.01. The van der Waals surface area contributed by atoms with Gasteiger partial charge < -0.3 is 4.74 Å². The maximum absolute atomic E-state index is 5.58. The molecule has 2 unspecified atom stereocenters. The normalized spacial score (nSPS) is 24.0. The number of hydrogen-bond acceptors (Lipinski definition) is 3. The summed E-state index contributed by atoms with van der Waals surface area (Å²) in [5.41, 5.74) is 2.91. The molecule has 0 saturated carbocycles. The molecule has 1 aliphatic heterocycles. The van der Waals surface area contributed by atoms with Crippen molar-refractivity contribution in [2.75, 3.05) is 6.61 Å². The summed E-state index contributed by atoms with van der Waals surface area (Å²) in [6.45, 7) is 3.17. The first kappa shape index (κ1) is 12.0. The minimum Gasteiger partial charge on any atom is -0.378 e. The zero-order valence-corrected chi connectivity index (χ0v) is 9.30. The van der Waals surface area contributed by atoms with Gasteiger partial charge in [-0.2, -0.15) is 0 Å². The van der Waals surface area contributed by atoms with E-state index in [1.54, 1.807) is 0 Å². The van der Waals surface area contributed by atoms with E-state index in [4.69, 9.17) is 10.6 Å².